The third-order valence-electron chi connectivity index (χ3n) is 2.73. The maximum atomic E-state index is 9.69. The highest BCUT2D eigenvalue weighted by atomic mass is 35.5. The van der Waals surface area contributed by atoms with Crippen molar-refractivity contribution in [2.75, 3.05) is 0 Å². The molecule has 0 unspecified atom stereocenters. The Hall–Kier alpha value is -1.51. The minimum absolute atomic E-state index is 0.561. The summed E-state index contributed by atoms with van der Waals surface area (Å²) in [4.78, 5) is 0. The van der Waals surface area contributed by atoms with Crippen LogP contribution in [-0.4, -0.2) is 5.11 Å². The van der Waals surface area contributed by atoms with E-state index in [4.69, 9.17) is 16.3 Å². The van der Waals surface area contributed by atoms with Gasteiger partial charge in [0.25, 0.3) is 0 Å². The molecule has 1 atom stereocenters. The van der Waals surface area contributed by atoms with Crippen LogP contribution in [0.3, 0.4) is 0 Å². The molecule has 0 radical (unpaired) electrons. The van der Waals surface area contributed by atoms with Crippen molar-refractivity contribution in [2.45, 2.75) is 20.0 Å². The monoisotopic (exact) mass is 262 g/mol. The Morgan fingerprint density at radius 1 is 1.11 bits per heavy atom. The first-order chi connectivity index (χ1) is 8.58. The summed E-state index contributed by atoms with van der Waals surface area (Å²) in [6.07, 6.45) is -0.561. The molecule has 94 valence electrons. The molecule has 0 spiro atoms. The van der Waals surface area contributed by atoms with Gasteiger partial charge < -0.3 is 9.84 Å². The third-order valence-corrected chi connectivity index (χ3v) is 2.96. The molecular formula is C15H15ClO2. The molecule has 1 N–H and O–H groups in total. The smallest absolute Gasteiger partial charge is 0.133 e. The fourth-order valence-corrected chi connectivity index (χ4v) is 1.99. The second kappa shape index (κ2) is 5.42. The van der Waals surface area contributed by atoms with E-state index in [-0.39, 0.29) is 0 Å². The van der Waals surface area contributed by atoms with Gasteiger partial charge in [-0.1, -0.05) is 29.8 Å². The van der Waals surface area contributed by atoms with E-state index in [1.165, 1.54) is 0 Å². The topological polar surface area (TPSA) is 29.5 Å². The second-order valence-corrected chi connectivity index (χ2v) is 4.66. The van der Waals surface area contributed by atoms with E-state index < -0.39 is 6.10 Å². The number of rotatable bonds is 3. The summed E-state index contributed by atoms with van der Waals surface area (Å²) >= 11 is 5.91. The quantitative estimate of drug-likeness (QED) is 0.883. The van der Waals surface area contributed by atoms with Crippen molar-refractivity contribution in [1.29, 1.82) is 0 Å². The van der Waals surface area contributed by atoms with Gasteiger partial charge >= 0.3 is 0 Å². The molecule has 2 nitrogen and oxygen atoms in total. The van der Waals surface area contributed by atoms with Crippen LogP contribution in [-0.2, 0) is 0 Å². The van der Waals surface area contributed by atoms with Gasteiger partial charge in [-0.3, -0.25) is 0 Å². The second-order valence-electron chi connectivity index (χ2n) is 4.23. The summed E-state index contributed by atoms with van der Waals surface area (Å²) in [5.41, 5.74) is 1.73. The molecule has 0 aliphatic carbocycles. The minimum atomic E-state index is -0.561. The summed E-state index contributed by atoms with van der Waals surface area (Å²) in [5.74, 6) is 1.41. The first kappa shape index (κ1) is 12.9. The Kier molecular flexibility index (Phi) is 3.90. The molecule has 2 aromatic rings. The molecule has 0 heterocycles. The van der Waals surface area contributed by atoms with Crippen LogP contribution < -0.4 is 4.74 Å². The zero-order chi connectivity index (χ0) is 13.1. The molecular weight excluding hydrogens is 248 g/mol. The van der Waals surface area contributed by atoms with Crippen LogP contribution in [0.2, 0.25) is 5.02 Å². The highest BCUT2D eigenvalue weighted by molar-refractivity contribution is 6.30. The number of hydrogen-bond donors (Lipinski definition) is 1. The molecule has 0 amide bonds. The van der Waals surface area contributed by atoms with E-state index in [1.807, 2.05) is 43.3 Å². The van der Waals surface area contributed by atoms with E-state index in [9.17, 15) is 5.11 Å². The van der Waals surface area contributed by atoms with Crippen LogP contribution in [0.1, 0.15) is 24.2 Å². The molecule has 0 saturated carbocycles. The summed E-state index contributed by atoms with van der Waals surface area (Å²) in [6.45, 7) is 3.66. The summed E-state index contributed by atoms with van der Waals surface area (Å²) in [7, 11) is 0. The Morgan fingerprint density at radius 3 is 2.50 bits per heavy atom. The van der Waals surface area contributed by atoms with Gasteiger partial charge in [0.1, 0.15) is 11.5 Å². The van der Waals surface area contributed by atoms with Crippen LogP contribution in [0.25, 0.3) is 0 Å². The molecule has 2 aromatic carbocycles. The van der Waals surface area contributed by atoms with Gasteiger partial charge in [0, 0.05) is 10.6 Å². The summed E-state index contributed by atoms with van der Waals surface area (Å²) in [6, 6.07) is 12.9. The highest BCUT2D eigenvalue weighted by Gasteiger charge is 2.10. The Morgan fingerprint density at radius 2 is 1.83 bits per heavy atom. The summed E-state index contributed by atoms with van der Waals surface area (Å²) < 4.78 is 5.84. The first-order valence-corrected chi connectivity index (χ1v) is 6.16. The number of para-hydroxylation sites is 1. The lowest BCUT2D eigenvalue weighted by molar-refractivity contribution is 0.195. The number of halogens is 1. The van der Waals surface area contributed by atoms with Crippen LogP contribution in [0, 0.1) is 6.92 Å². The molecule has 0 aliphatic rings. The number of aliphatic hydroxyl groups is 1. The van der Waals surface area contributed by atoms with E-state index >= 15 is 0 Å². The number of ether oxygens (including phenoxy) is 1. The molecule has 0 saturated heterocycles. The number of aryl methyl sites for hydroxylation is 1. The van der Waals surface area contributed by atoms with Crippen LogP contribution >= 0.6 is 11.6 Å². The van der Waals surface area contributed by atoms with Crippen molar-refractivity contribution >= 4 is 11.6 Å². The Bertz CT molecular complexity index is 550. The lowest BCUT2D eigenvalue weighted by Gasteiger charge is -2.14. The number of aliphatic hydroxyl groups excluding tert-OH is 1. The van der Waals surface area contributed by atoms with Crippen LogP contribution in [0.4, 0.5) is 0 Å². The lowest BCUT2D eigenvalue weighted by atomic mass is 10.1. The highest BCUT2D eigenvalue weighted by Crippen LogP contribution is 2.31. The van der Waals surface area contributed by atoms with Gasteiger partial charge in [0.05, 0.1) is 6.10 Å². The van der Waals surface area contributed by atoms with E-state index in [0.717, 1.165) is 16.9 Å². The Labute approximate surface area is 112 Å². The maximum absolute atomic E-state index is 9.69. The fourth-order valence-electron chi connectivity index (χ4n) is 1.76. The van der Waals surface area contributed by atoms with Crippen molar-refractivity contribution in [1.82, 2.24) is 0 Å². The maximum Gasteiger partial charge on any atom is 0.133 e. The van der Waals surface area contributed by atoms with Gasteiger partial charge in [-0.15, -0.1) is 0 Å². The van der Waals surface area contributed by atoms with Gasteiger partial charge in [-0.2, -0.15) is 0 Å². The molecule has 3 heteroatoms. The number of hydrogen-bond acceptors (Lipinski definition) is 2. The predicted octanol–water partition coefficient (Wildman–Crippen LogP) is 4.49. The standard InChI is InChI=1S/C15H15ClO2/c1-10-9-12(16)7-8-14(10)18-15-6-4-3-5-13(15)11(2)17/h3-9,11,17H,1-2H3/t11-/m1/s1. The zero-order valence-electron chi connectivity index (χ0n) is 10.4. The fraction of sp³-hybridized carbons (Fsp3) is 0.200. The molecule has 2 rings (SSSR count). The zero-order valence-corrected chi connectivity index (χ0v) is 11.1. The van der Waals surface area contributed by atoms with Gasteiger partial charge in [-0.25, -0.2) is 0 Å². The third kappa shape index (κ3) is 2.84. The predicted molar refractivity (Wildman–Crippen MR) is 73.3 cm³/mol. The van der Waals surface area contributed by atoms with Crippen molar-refractivity contribution in [3.8, 4) is 11.5 Å². The number of benzene rings is 2. The van der Waals surface area contributed by atoms with Crippen molar-refractivity contribution < 1.29 is 9.84 Å². The van der Waals surface area contributed by atoms with Gasteiger partial charge in [0.15, 0.2) is 0 Å². The molecule has 0 bridgehead atoms. The normalized spacial score (nSPS) is 12.2. The van der Waals surface area contributed by atoms with Crippen LogP contribution in [0.15, 0.2) is 42.5 Å². The average molecular weight is 263 g/mol. The van der Waals surface area contributed by atoms with Crippen molar-refractivity contribution in [2.24, 2.45) is 0 Å². The van der Waals surface area contributed by atoms with Crippen molar-refractivity contribution in [3.63, 3.8) is 0 Å². The van der Waals surface area contributed by atoms with Crippen LogP contribution in [0.5, 0.6) is 11.5 Å². The van der Waals surface area contributed by atoms with E-state index in [0.29, 0.717) is 10.8 Å². The van der Waals surface area contributed by atoms with Gasteiger partial charge in [-0.05, 0) is 43.7 Å². The SMILES string of the molecule is Cc1cc(Cl)ccc1Oc1ccccc1[C@@H](C)O. The molecule has 0 aliphatic heterocycles. The largest absolute Gasteiger partial charge is 0.457 e. The van der Waals surface area contributed by atoms with E-state index in [2.05, 4.69) is 0 Å². The summed E-state index contributed by atoms with van der Waals surface area (Å²) in [5, 5.41) is 10.4. The molecule has 0 fully saturated rings. The minimum Gasteiger partial charge on any atom is -0.457 e. The van der Waals surface area contributed by atoms with Gasteiger partial charge in [0.2, 0.25) is 0 Å². The lowest BCUT2D eigenvalue weighted by Crippen LogP contribution is -1.96. The van der Waals surface area contributed by atoms with Crippen molar-refractivity contribution in [3.05, 3.63) is 58.6 Å². The molecule has 0 aromatic heterocycles. The Balaban J connectivity index is 2.34. The first-order valence-electron chi connectivity index (χ1n) is 5.79. The molecule has 18 heavy (non-hydrogen) atoms. The van der Waals surface area contributed by atoms with E-state index in [1.54, 1.807) is 13.0 Å². The average Bonchev–Trinajstić information content (AvgIpc) is 2.33.